The number of anilines is 1. The van der Waals surface area contributed by atoms with Crippen LogP contribution in [0.1, 0.15) is 32.8 Å². The lowest BCUT2D eigenvalue weighted by Gasteiger charge is -2.19. The van der Waals surface area contributed by atoms with E-state index in [-0.39, 0.29) is 0 Å². The van der Waals surface area contributed by atoms with Gasteiger partial charge in [0.1, 0.15) is 11.8 Å². The molecule has 0 aliphatic carbocycles. The maximum absolute atomic E-state index is 9.09. The molecule has 0 spiro atoms. The number of rotatable bonds is 5. The highest BCUT2D eigenvalue weighted by Crippen LogP contribution is 2.29. The molecule has 0 fully saturated rings. The fourth-order valence-corrected chi connectivity index (χ4v) is 1.96. The van der Waals surface area contributed by atoms with Gasteiger partial charge >= 0.3 is 0 Å². The quantitative estimate of drug-likeness (QED) is 0.846. The molecule has 1 N–H and O–H groups in total. The van der Waals surface area contributed by atoms with Crippen LogP contribution in [0.4, 0.5) is 5.69 Å². The summed E-state index contributed by atoms with van der Waals surface area (Å²) in [4.78, 5) is 0. The van der Waals surface area contributed by atoms with Gasteiger partial charge in [-0.1, -0.05) is 19.9 Å². The minimum absolute atomic E-state index is 0.318. The number of nitriles is 1. The summed E-state index contributed by atoms with van der Waals surface area (Å²) in [6.45, 7) is 6.49. The van der Waals surface area contributed by atoms with Gasteiger partial charge in [0.25, 0.3) is 0 Å². The number of benzene rings is 1. The fraction of sp³-hybridized carbons (Fsp3) is 0.500. The van der Waals surface area contributed by atoms with E-state index in [2.05, 4.69) is 32.2 Å². The van der Waals surface area contributed by atoms with Gasteiger partial charge in [-0.05, 0) is 31.4 Å². The van der Waals surface area contributed by atoms with Crippen LogP contribution in [0.15, 0.2) is 18.2 Å². The molecule has 0 aliphatic rings. The lowest BCUT2D eigenvalue weighted by Crippen LogP contribution is -2.18. The molecule has 0 saturated heterocycles. The first kappa shape index (κ1) is 13.4. The summed E-state index contributed by atoms with van der Waals surface area (Å²) in [5, 5.41) is 12.5. The molecule has 1 rings (SSSR count). The van der Waals surface area contributed by atoms with Crippen molar-refractivity contribution < 1.29 is 4.74 Å². The van der Waals surface area contributed by atoms with Gasteiger partial charge in [-0.15, -0.1) is 0 Å². The number of para-hydroxylation sites is 1. The molecule has 0 radical (unpaired) electrons. The van der Waals surface area contributed by atoms with Crippen LogP contribution in [0, 0.1) is 17.2 Å². The van der Waals surface area contributed by atoms with Crippen molar-refractivity contribution in [1.82, 2.24) is 0 Å². The van der Waals surface area contributed by atoms with Crippen LogP contribution in [-0.4, -0.2) is 13.2 Å². The monoisotopic (exact) mass is 232 g/mol. The van der Waals surface area contributed by atoms with E-state index in [1.807, 2.05) is 12.1 Å². The topological polar surface area (TPSA) is 45.0 Å². The Morgan fingerprint density at radius 3 is 2.59 bits per heavy atom. The third-order valence-corrected chi connectivity index (χ3v) is 2.58. The second kappa shape index (κ2) is 6.15. The Morgan fingerprint density at radius 2 is 2.06 bits per heavy atom. The molecule has 0 aromatic heterocycles. The minimum atomic E-state index is 0.318. The Kier molecular flexibility index (Phi) is 4.84. The van der Waals surface area contributed by atoms with E-state index >= 15 is 0 Å². The molecule has 0 aliphatic heterocycles. The molecule has 92 valence electrons. The van der Waals surface area contributed by atoms with Gasteiger partial charge in [0.2, 0.25) is 0 Å². The molecule has 0 amide bonds. The predicted octanol–water partition coefficient (Wildman–Crippen LogP) is 3.41. The smallest absolute Gasteiger partial charge is 0.143 e. The third kappa shape index (κ3) is 3.67. The first-order chi connectivity index (χ1) is 8.08. The predicted molar refractivity (Wildman–Crippen MR) is 70.2 cm³/mol. The maximum atomic E-state index is 9.09. The average Bonchev–Trinajstić information content (AvgIpc) is 2.28. The molecular weight excluding hydrogens is 212 g/mol. The van der Waals surface area contributed by atoms with Gasteiger partial charge in [0.05, 0.1) is 18.4 Å². The van der Waals surface area contributed by atoms with E-state index in [4.69, 9.17) is 10.00 Å². The van der Waals surface area contributed by atoms with Gasteiger partial charge in [-0.3, -0.25) is 0 Å². The minimum Gasteiger partial charge on any atom is -0.495 e. The highest BCUT2D eigenvalue weighted by atomic mass is 16.5. The zero-order valence-corrected chi connectivity index (χ0v) is 10.9. The van der Waals surface area contributed by atoms with Crippen molar-refractivity contribution in [2.45, 2.75) is 33.2 Å². The Labute approximate surface area is 103 Å². The largest absolute Gasteiger partial charge is 0.495 e. The highest BCUT2D eigenvalue weighted by Gasteiger charge is 2.12. The van der Waals surface area contributed by atoms with Crippen LogP contribution < -0.4 is 10.1 Å². The summed E-state index contributed by atoms with van der Waals surface area (Å²) < 4.78 is 5.28. The first-order valence-electron chi connectivity index (χ1n) is 5.92. The summed E-state index contributed by atoms with van der Waals surface area (Å²) in [6, 6.07) is 8.00. The maximum Gasteiger partial charge on any atom is 0.143 e. The van der Waals surface area contributed by atoms with Crippen LogP contribution in [0.5, 0.6) is 5.75 Å². The van der Waals surface area contributed by atoms with E-state index < -0.39 is 0 Å². The van der Waals surface area contributed by atoms with Crippen molar-refractivity contribution in [3.05, 3.63) is 23.8 Å². The summed E-state index contributed by atoms with van der Waals surface area (Å²) in [5.74, 6) is 1.34. The molecule has 3 heteroatoms. The fourth-order valence-electron chi connectivity index (χ4n) is 1.96. The molecule has 0 bridgehead atoms. The summed E-state index contributed by atoms with van der Waals surface area (Å²) in [6.07, 6.45) is 1.06. The number of nitrogens with one attached hydrogen (secondary N) is 1. The van der Waals surface area contributed by atoms with Crippen molar-refractivity contribution in [2.75, 3.05) is 12.4 Å². The lowest BCUT2D eigenvalue weighted by molar-refractivity contribution is 0.415. The standard InChI is InChI=1S/C14H20N2O/c1-10(2)8-11(3)16-14-12(9-15)6-5-7-13(14)17-4/h5-7,10-11,16H,8H2,1-4H3. The number of nitrogens with zero attached hydrogens (tertiary/aromatic N) is 1. The van der Waals surface area contributed by atoms with E-state index in [0.717, 1.165) is 17.9 Å². The average molecular weight is 232 g/mol. The summed E-state index contributed by atoms with van der Waals surface area (Å²) in [5.41, 5.74) is 1.42. The van der Waals surface area contributed by atoms with Crippen LogP contribution in [0.3, 0.4) is 0 Å². The van der Waals surface area contributed by atoms with E-state index in [9.17, 15) is 0 Å². The second-order valence-corrected chi connectivity index (χ2v) is 4.67. The summed E-state index contributed by atoms with van der Waals surface area (Å²) in [7, 11) is 1.62. The highest BCUT2D eigenvalue weighted by molar-refractivity contribution is 5.66. The number of ether oxygens (including phenoxy) is 1. The zero-order valence-electron chi connectivity index (χ0n) is 10.9. The van der Waals surface area contributed by atoms with Crippen molar-refractivity contribution >= 4 is 5.69 Å². The molecule has 0 heterocycles. The molecular formula is C14H20N2O. The Hall–Kier alpha value is -1.69. The van der Waals surface area contributed by atoms with Crippen molar-refractivity contribution in [2.24, 2.45) is 5.92 Å². The Balaban J connectivity index is 2.92. The lowest BCUT2D eigenvalue weighted by atomic mass is 10.0. The molecule has 1 aromatic carbocycles. The van der Waals surface area contributed by atoms with Crippen LogP contribution in [0.25, 0.3) is 0 Å². The third-order valence-electron chi connectivity index (χ3n) is 2.58. The summed E-state index contributed by atoms with van der Waals surface area (Å²) >= 11 is 0. The van der Waals surface area contributed by atoms with Crippen molar-refractivity contribution in [1.29, 1.82) is 5.26 Å². The van der Waals surface area contributed by atoms with Gasteiger partial charge < -0.3 is 10.1 Å². The Morgan fingerprint density at radius 1 is 1.35 bits per heavy atom. The number of hydrogen-bond donors (Lipinski definition) is 1. The van der Waals surface area contributed by atoms with Crippen molar-refractivity contribution in [3.63, 3.8) is 0 Å². The van der Waals surface area contributed by atoms with Crippen LogP contribution >= 0.6 is 0 Å². The molecule has 1 unspecified atom stereocenters. The number of hydrogen-bond acceptors (Lipinski definition) is 3. The molecule has 1 aromatic rings. The Bertz CT molecular complexity index is 407. The SMILES string of the molecule is COc1cccc(C#N)c1NC(C)CC(C)C. The van der Waals surface area contributed by atoms with Crippen LogP contribution in [-0.2, 0) is 0 Å². The van der Waals surface area contributed by atoms with Crippen molar-refractivity contribution in [3.8, 4) is 11.8 Å². The number of methoxy groups -OCH3 is 1. The molecule has 0 saturated carbocycles. The molecule has 3 nitrogen and oxygen atoms in total. The van der Waals surface area contributed by atoms with Gasteiger partial charge in [-0.25, -0.2) is 0 Å². The van der Waals surface area contributed by atoms with Crippen LogP contribution in [0.2, 0.25) is 0 Å². The van der Waals surface area contributed by atoms with Gasteiger partial charge in [0, 0.05) is 6.04 Å². The normalized spacial score (nSPS) is 12.0. The second-order valence-electron chi connectivity index (χ2n) is 4.67. The zero-order chi connectivity index (χ0) is 12.8. The van der Waals surface area contributed by atoms with E-state index in [1.165, 1.54) is 0 Å². The van der Waals surface area contributed by atoms with E-state index in [1.54, 1.807) is 13.2 Å². The van der Waals surface area contributed by atoms with Gasteiger partial charge in [0.15, 0.2) is 0 Å². The van der Waals surface area contributed by atoms with Gasteiger partial charge in [-0.2, -0.15) is 5.26 Å². The molecule has 1 atom stereocenters. The van der Waals surface area contributed by atoms with E-state index in [0.29, 0.717) is 17.5 Å². The first-order valence-corrected chi connectivity index (χ1v) is 5.92. The molecule has 17 heavy (non-hydrogen) atoms.